The van der Waals surface area contributed by atoms with E-state index in [4.69, 9.17) is 4.74 Å². The monoisotopic (exact) mass is 425 g/mol. The number of aryl methyl sites for hydroxylation is 1. The average Bonchev–Trinajstić information content (AvgIpc) is 3.47. The molecule has 0 spiro atoms. The van der Waals surface area contributed by atoms with Crippen LogP contribution in [0.15, 0.2) is 84.6 Å². The summed E-state index contributed by atoms with van der Waals surface area (Å²) in [5.41, 5.74) is 5.93. The molecule has 5 heteroatoms. The fourth-order valence-electron chi connectivity index (χ4n) is 3.81. The molecule has 0 aliphatic carbocycles. The fraction of sp³-hybridized carbons (Fsp3) is 0.154. The lowest BCUT2D eigenvalue weighted by Crippen LogP contribution is -1.99. The number of aromatic nitrogens is 3. The second-order valence-electron chi connectivity index (χ2n) is 7.46. The molecule has 0 aliphatic heterocycles. The van der Waals surface area contributed by atoms with Crippen LogP contribution in [-0.4, -0.2) is 14.5 Å². The van der Waals surface area contributed by atoms with Gasteiger partial charge in [-0.2, -0.15) is 0 Å². The maximum Gasteiger partial charge on any atom is 0.130 e. The molecule has 0 unspecified atom stereocenters. The Morgan fingerprint density at radius 3 is 2.61 bits per heavy atom. The van der Waals surface area contributed by atoms with E-state index >= 15 is 0 Å². The molecule has 3 heterocycles. The fourth-order valence-corrected chi connectivity index (χ4v) is 4.45. The van der Waals surface area contributed by atoms with Gasteiger partial charge in [0.1, 0.15) is 17.4 Å². The number of thiazole rings is 1. The predicted molar refractivity (Wildman–Crippen MR) is 127 cm³/mol. The van der Waals surface area contributed by atoms with Gasteiger partial charge >= 0.3 is 0 Å². The van der Waals surface area contributed by atoms with Crippen molar-refractivity contribution in [3.63, 3.8) is 0 Å². The van der Waals surface area contributed by atoms with Crippen LogP contribution < -0.4 is 4.74 Å². The molecule has 0 amide bonds. The summed E-state index contributed by atoms with van der Waals surface area (Å²) in [6, 6.07) is 20.9. The Hall–Kier alpha value is -3.44. The Morgan fingerprint density at radius 1 is 0.968 bits per heavy atom. The van der Waals surface area contributed by atoms with Gasteiger partial charge in [0.05, 0.1) is 5.69 Å². The summed E-state index contributed by atoms with van der Waals surface area (Å²) in [4.78, 5) is 8.73. The summed E-state index contributed by atoms with van der Waals surface area (Å²) in [5.74, 6) is 0.874. The van der Waals surface area contributed by atoms with E-state index in [1.54, 1.807) is 17.5 Å². The molecule has 0 atom stereocenters. The molecular weight excluding hydrogens is 402 g/mol. The van der Waals surface area contributed by atoms with Crippen LogP contribution in [0.1, 0.15) is 23.7 Å². The number of hydrogen-bond acceptors (Lipinski definition) is 4. The smallest absolute Gasteiger partial charge is 0.130 e. The van der Waals surface area contributed by atoms with Gasteiger partial charge in [0.25, 0.3) is 0 Å². The van der Waals surface area contributed by atoms with Crippen molar-refractivity contribution in [3.05, 3.63) is 101 Å². The molecule has 0 fully saturated rings. The lowest BCUT2D eigenvalue weighted by atomic mass is 10.1. The van der Waals surface area contributed by atoms with E-state index in [0.29, 0.717) is 6.61 Å². The third-order valence-electron chi connectivity index (χ3n) is 5.41. The van der Waals surface area contributed by atoms with Gasteiger partial charge in [-0.3, -0.25) is 4.98 Å². The van der Waals surface area contributed by atoms with Crippen LogP contribution in [-0.2, 0) is 19.6 Å². The maximum absolute atomic E-state index is 6.00. The molecule has 3 aromatic heterocycles. The van der Waals surface area contributed by atoms with E-state index in [1.807, 2.05) is 35.8 Å². The second kappa shape index (κ2) is 8.74. The molecular formula is C26H23N3OS. The molecule has 0 aliphatic rings. The summed E-state index contributed by atoms with van der Waals surface area (Å²) in [7, 11) is 0. The van der Waals surface area contributed by atoms with Gasteiger partial charge in [0.2, 0.25) is 0 Å². The molecule has 0 N–H and O–H groups in total. The first-order chi connectivity index (χ1) is 15.3. The molecule has 0 saturated heterocycles. The van der Waals surface area contributed by atoms with Gasteiger partial charge in [-0.15, -0.1) is 11.3 Å². The number of benzene rings is 2. The van der Waals surface area contributed by atoms with Gasteiger partial charge in [0.15, 0.2) is 0 Å². The van der Waals surface area contributed by atoms with Crippen LogP contribution in [0.3, 0.4) is 0 Å². The Balaban J connectivity index is 1.37. The Kier molecular flexibility index (Phi) is 5.50. The normalized spacial score (nSPS) is 11.1. The zero-order valence-corrected chi connectivity index (χ0v) is 18.2. The largest absolute Gasteiger partial charge is 0.487 e. The summed E-state index contributed by atoms with van der Waals surface area (Å²) in [6.45, 7) is 3.51. The van der Waals surface area contributed by atoms with Crippen molar-refractivity contribution >= 4 is 22.2 Å². The molecule has 154 valence electrons. The highest BCUT2D eigenvalue weighted by molar-refractivity contribution is 7.13. The lowest BCUT2D eigenvalue weighted by Gasteiger charge is -2.09. The van der Waals surface area contributed by atoms with E-state index in [1.165, 1.54) is 27.6 Å². The van der Waals surface area contributed by atoms with Gasteiger partial charge < -0.3 is 9.30 Å². The number of rotatable bonds is 7. The molecule has 31 heavy (non-hydrogen) atoms. The minimum absolute atomic E-state index is 0.472. The number of nitrogens with zero attached hydrogens (tertiary/aromatic N) is 3. The van der Waals surface area contributed by atoms with E-state index in [2.05, 4.69) is 64.1 Å². The SMILES string of the molecule is CCc1cn(Cc2ccc(-c3nccs3)cc2)c2ccc(OCc3ccccn3)cc12. The highest BCUT2D eigenvalue weighted by atomic mass is 32.1. The Morgan fingerprint density at radius 2 is 1.87 bits per heavy atom. The Bertz CT molecular complexity index is 1280. The van der Waals surface area contributed by atoms with E-state index in [0.717, 1.165) is 29.4 Å². The standard InChI is InChI=1S/C26H23N3OS/c1-2-20-17-29(16-19-6-8-21(9-7-19)26-28-13-14-31-26)25-11-10-23(15-24(20)25)30-18-22-5-3-4-12-27-22/h3-15,17H,2,16,18H2,1H3. The van der Waals surface area contributed by atoms with Crippen LogP contribution in [0.25, 0.3) is 21.5 Å². The zero-order valence-electron chi connectivity index (χ0n) is 17.4. The molecule has 5 aromatic rings. The number of pyridine rings is 1. The quantitative estimate of drug-likeness (QED) is 0.305. The van der Waals surface area contributed by atoms with Crippen LogP contribution in [0.5, 0.6) is 5.75 Å². The molecule has 0 radical (unpaired) electrons. The van der Waals surface area contributed by atoms with E-state index in [9.17, 15) is 0 Å². The van der Waals surface area contributed by atoms with Crippen LogP contribution in [0.4, 0.5) is 0 Å². The predicted octanol–water partition coefficient (Wildman–Crippen LogP) is 6.35. The minimum atomic E-state index is 0.472. The number of hydrogen-bond donors (Lipinski definition) is 0. The summed E-state index contributed by atoms with van der Waals surface area (Å²) >= 11 is 1.67. The van der Waals surface area contributed by atoms with Crippen LogP contribution in [0, 0.1) is 0 Å². The molecule has 0 saturated carbocycles. The topological polar surface area (TPSA) is 39.9 Å². The molecule has 0 bridgehead atoms. The van der Waals surface area contributed by atoms with Crippen molar-refractivity contribution < 1.29 is 4.74 Å². The minimum Gasteiger partial charge on any atom is -0.487 e. The van der Waals surface area contributed by atoms with Gasteiger partial charge in [-0.1, -0.05) is 37.3 Å². The highest BCUT2D eigenvalue weighted by Gasteiger charge is 2.10. The zero-order chi connectivity index (χ0) is 21.0. The van der Waals surface area contributed by atoms with Crippen molar-refractivity contribution in [2.75, 3.05) is 0 Å². The van der Waals surface area contributed by atoms with Crippen molar-refractivity contribution in [1.29, 1.82) is 0 Å². The van der Waals surface area contributed by atoms with Gasteiger partial charge in [0, 0.05) is 47.0 Å². The van der Waals surface area contributed by atoms with Crippen molar-refractivity contribution in [1.82, 2.24) is 14.5 Å². The number of fused-ring (bicyclic) bond motifs is 1. The first-order valence-electron chi connectivity index (χ1n) is 10.4. The van der Waals surface area contributed by atoms with E-state index < -0.39 is 0 Å². The first kappa shape index (κ1) is 19.5. The lowest BCUT2D eigenvalue weighted by molar-refractivity contribution is 0.302. The third-order valence-corrected chi connectivity index (χ3v) is 6.24. The maximum atomic E-state index is 6.00. The molecule has 4 nitrogen and oxygen atoms in total. The van der Waals surface area contributed by atoms with Crippen LogP contribution in [0.2, 0.25) is 0 Å². The highest BCUT2D eigenvalue weighted by Crippen LogP contribution is 2.28. The van der Waals surface area contributed by atoms with Crippen molar-refractivity contribution in [2.24, 2.45) is 0 Å². The summed E-state index contributed by atoms with van der Waals surface area (Å²) in [6.07, 6.45) is 6.89. The summed E-state index contributed by atoms with van der Waals surface area (Å²) < 4.78 is 8.33. The van der Waals surface area contributed by atoms with Gasteiger partial charge in [-0.05, 0) is 47.9 Å². The van der Waals surface area contributed by atoms with Crippen LogP contribution >= 0.6 is 11.3 Å². The third kappa shape index (κ3) is 4.23. The van der Waals surface area contributed by atoms with Crippen molar-refractivity contribution in [3.8, 4) is 16.3 Å². The van der Waals surface area contributed by atoms with E-state index in [-0.39, 0.29) is 0 Å². The Labute approximate surface area is 185 Å². The van der Waals surface area contributed by atoms with Gasteiger partial charge in [-0.25, -0.2) is 4.98 Å². The number of ether oxygens (including phenoxy) is 1. The van der Waals surface area contributed by atoms with Crippen molar-refractivity contribution in [2.45, 2.75) is 26.5 Å². The second-order valence-corrected chi connectivity index (χ2v) is 8.35. The average molecular weight is 426 g/mol. The first-order valence-corrected chi connectivity index (χ1v) is 11.3. The molecule has 2 aromatic carbocycles. The molecule has 5 rings (SSSR count). The summed E-state index contributed by atoms with van der Waals surface area (Å²) in [5, 5.41) is 4.32.